The molecule has 0 saturated carbocycles. The van der Waals surface area contributed by atoms with Gasteiger partial charge >= 0.3 is 6.03 Å². The molecule has 2 aromatic rings. The fourth-order valence-corrected chi connectivity index (χ4v) is 3.77. The molecule has 0 bridgehead atoms. The third-order valence-electron chi connectivity index (χ3n) is 5.00. The Morgan fingerprint density at radius 2 is 1.90 bits per heavy atom. The Morgan fingerprint density at radius 1 is 1.10 bits per heavy atom. The van der Waals surface area contributed by atoms with Gasteiger partial charge in [0, 0.05) is 60.5 Å². The van der Waals surface area contributed by atoms with E-state index >= 15 is 0 Å². The molecule has 0 radical (unpaired) electrons. The Hall–Kier alpha value is -2.31. The quantitative estimate of drug-likeness (QED) is 0.727. The minimum atomic E-state index is -0.148. The predicted octanol–water partition coefficient (Wildman–Crippen LogP) is 3.67. The Bertz CT molecular complexity index is 840. The summed E-state index contributed by atoms with van der Waals surface area (Å²) < 4.78 is 0. The number of nitrogens with one attached hydrogen (secondary N) is 2. The number of urea groups is 1. The van der Waals surface area contributed by atoms with E-state index in [0.717, 1.165) is 11.3 Å². The molecule has 0 aliphatic carbocycles. The third-order valence-corrected chi connectivity index (χ3v) is 5.59. The van der Waals surface area contributed by atoms with E-state index in [4.69, 9.17) is 23.2 Å². The fraction of sp³-hybridized carbons (Fsp3) is 0.381. The number of piperidine rings is 1. The van der Waals surface area contributed by atoms with Crippen molar-refractivity contribution in [3.05, 3.63) is 63.9 Å². The minimum Gasteiger partial charge on any atom is -0.355 e. The average Bonchev–Trinajstić information content (AvgIpc) is 2.74. The highest BCUT2D eigenvalue weighted by Gasteiger charge is 2.27. The number of rotatable bonds is 6. The Morgan fingerprint density at radius 3 is 2.59 bits per heavy atom. The second-order valence-electron chi connectivity index (χ2n) is 7.02. The summed E-state index contributed by atoms with van der Waals surface area (Å²) in [6, 6.07) is 10.8. The van der Waals surface area contributed by atoms with E-state index in [1.54, 1.807) is 29.3 Å². The Kier molecular flexibility index (Phi) is 7.72. The number of hydrogen-bond donors (Lipinski definition) is 2. The predicted molar refractivity (Wildman–Crippen MR) is 114 cm³/mol. The first-order chi connectivity index (χ1) is 14.0. The standard InChI is InChI=1S/C21H24Cl2N4O2/c22-17-5-4-16(19(23)13-17)14-26-21(29)27-11-7-15(8-12-27)20(28)25-10-6-18-3-1-2-9-24-18/h1-5,9,13,15H,6-8,10-12,14H2,(H,25,28)(H,26,29). The monoisotopic (exact) mass is 434 g/mol. The number of benzene rings is 1. The maximum absolute atomic E-state index is 12.4. The van der Waals surface area contributed by atoms with Crippen molar-refractivity contribution in [2.45, 2.75) is 25.8 Å². The SMILES string of the molecule is O=C(NCCc1ccccn1)C1CCN(C(=O)NCc2ccc(Cl)cc2Cl)CC1. The lowest BCUT2D eigenvalue weighted by Crippen LogP contribution is -2.46. The highest BCUT2D eigenvalue weighted by molar-refractivity contribution is 6.35. The van der Waals surface area contributed by atoms with E-state index in [9.17, 15) is 9.59 Å². The van der Waals surface area contributed by atoms with Gasteiger partial charge < -0.3 is 15.5 Å². The third kappa shape index (κ3) is 6.34. The van der Waals surface area contributed by atoms with Crippen molar-refractivity contribution < 1.29 is 9.59 Å². The van der Waals surface area contributed by atoms with Crippen LogP contribution in [0.1, 0.15) is 24.1 Å². The molecule has 1 aliphatic heterocycles. The van der Waals surface area contributed by atoms with Gasteiger partial charge in [-0.2, -0.15) is 0 Å². The zero-order chi connectivity index (χ0) is 20.6. The van der Waals surface area contributed by atoms with Gasteiger partial charge in [0.05, 0.1) is 0 Å². The molecule has 1 saturated heterocycles. The molecular weight excluding hydrogens is 411 g/mol. The van der Waals surface area contributed by atoms with Crippen molar-refractivity contribution >= 4 is 35.1 Å². The summed E-state index contributed by atoms with van der Waals surface area (Å²) in [5.41, 5.74) is 1.77. The second kappa shape index (κ2) is 10.5. The number of carbonyl (C=O) groups is 2. The molecule has 0 spiro atoms. The molecule has 3 rings (SSSR count). The summed E-state index contributed by atoms with van der Waals surface area (Å²) in [7, 11) is 0. The summed E-state index contributed by atoms with van der Waals surface area (Å²) in [4.78, 5) is 30.7. The summed E-state index contributed by atoms with van der Waals surface area (Å²) >= 11 is 12.0. The highest BCUT2D eigenvalue weighted by atomic mass is 35.5. The molecule has 2 N–H and O–H groups in total. The van der Waals surface area contributed by atoms with Gasteiger partial charge in [-0.3, -0.25) is 9.78 Å². The van der Waals surface area contributed by atoms with Crippen LogP contribution in [-0.4, -0.2) is 41.5 Å². The van der Waals surface area contributed by atoms with Crippen molar-refractivity contribution in [1.29, 1.82) is 0 Å². The Balaban J connectivity index is 1.37. The van der Waals surface area contributed by atoms with Crippen LogP contribution >= 0.6 is 23.2 Å². The van der Waals surface area contributed by atoms with E-state index in [1.807, 2.05) is 18.2 Å². The van der Waals surface area contributed by atoms with Crippen molar-refractivity contribution in [1.82, 2.24) is 20.5 Å². The van der Waals surface area contributed by atoms with Crippen LogP contribution < -0.4 is 10.6 Å². The van der Waals surface area contributed by atoms with Gasteiger partial charge in [0.15, 0.2) is 0 Å². The molecule has 3 amide bonds. The zero-order valence-corrected chi connectivity index (χ0v) is 17.5. The molecule has 1 aromatic carbocycles. The number of nitrogens with zero attached hydrogens (tertiary/aromatic N) is 2. The maximum Gasteiger partial charge on any atom is 0.317 e. The maximum atomic E-state index is 12.4. The fourth-order valence-electron chi connectivity index (χ4n) is 3.30. The number of amides is 3. The van der Waals surface area contributed by atoms with Gasteiger partial charge in [-0.25, -0.2) is 4.79 Å². The second-order valence-corrected chi connectivity index (χ2v) is 7.86. The molecule has 0 atom stereocenters. The van der Waals surface area contributed by atoms with Gasteiger partial charge in [-0.05, 0) is 42.7 Å². The zero-order valence-electron chi connectivity index (χ0n) is 16.0. The highest BCUT2D eigenvalue weighted by Crippen LogP contribution is 2.21. The van der Waals surface area contributed by atoms with Crippen molar-refractivity contribution in [2.75, 3.05) is 19.6 Å². The average molecular weight is 435 g/mol. The molecule has 2 heterocycles. The van der Waals surface area contributed by atoms with E-state index < -0.39 is 0 Å². The van der Waals surface area contributed by atoms with E-state index in [1.165, 1.54) is 0 Å². The van der Waals surface area contributed by atoms with Crippen LogP contribution in [-0.2, 0) is 17.8 Å². The number of carbonyl (C=O) groups excluding carboxylic acids is 2. The largest absolute Gasteiger partial charge is 0.355 e. The van der Waals surface area contributed by atoms with Gasteiger partial charge in [-0.15, -0.1) is 0 Å². The first-order valence-electron chi connectivity index (χ1n) is 9.67. The summed E-state index contributed by atoms with van der Waals surface area (Å²) in [6.07, 6.45) is 3.77. The van der Waals surface area contributed by atoms with Gasteiger partial charge in [0.25, 0.3) is 0 Å². The van der Waals surface area contributed by atoms with Crippen molar-refractivity contribution in [2.24, 2.45) is 5.92 Å². The number of hydrogen-bond acceptors (Lipinski definition) is 3. The van der Waals surface area contributed by atoms with Crippen molar-refractivity contribution in [3.8, 4) is 0 Å². The number of halogens is 2. The smallest absolute Gasteiger partial charge is 0.317 e. The first kappa shape index (κ1) is 21.4. The minimum absolute atomic E-state index is 0.0499. The number of pyridine rings is 1. The molecule has 0 unspecified atom stereocenters. The van der Waals surface area contributed by atoms with Crippen LogP contribution in [0.25, 0.3) is 0 Å². The molecular formula is C21H24Cl2N4O2. The van der Waals surface area contributed by atoms with E-state index in [0.29, 0.717) is 55.5 Å². The lowest BCUT2D eigenvalue weighted by Gasteiger charge is -2.31. The molecule has 8 heteroatoms. The van der Waals surface area contributed by atoms with Crippen LogP contribution in [0.3, 0.4) is 0 Å². The molecule has 154 valence electrons. The topological polar surface area (TPSA) is 74.3 Å². The van der Waals surface area contributed by atoms with Crippen LogP contribution in [0.15, 0.2) is 42.6 Å². The van der Waals surface area contributed by atoms with Crippen LogP contribution in [0.5, 0.6) is 0 Å². The van der Waals surface area contributed by atoms with Crippen LogP contribution in [0.4, 0.5) is 4.79 Å². The summed E-state index contributed by atoms with van der Waals surface area (Å²) in [5, 5.41) is 6.94. The lowest BCUT2D eigenvalue weighted by atomic mass is 9.96. The first-order valence-corrected chi connectivity index (χ1v) is 10.4. The van der Waals surface area contributed by atoms with E-state index in [2.05, 4.69) is 15.6 Å². The van der Waals surface area contributed by atoms with Crippen molar-refractivity contribution in [3.63, 3.8) is 0 Å². The summed E-state index contributed by atoms with van der Waals surface area (Å²) in [5.74, 6) is -0.0116. The lowest BCUT2D eigenvalue weighted by molar-refractivity contribution is -0.126. The van der Waals surface area contributed by atoms with E-state index in [-0.39, 0.29) is 17.9 Å². The molecule has 29 heavy (non-hydrogen) atoms. The van der Waals surface area contributed by atoms with Crippen LogP contribution in [0, 0.1) is 5.92 Å². The Labute approximate surface area is 180 Å². The number of likely N-dealkylation sites (tertiary alicyclic amines) is 1. The molecule has 1 fully saturated rings. The van der Waals surface area contributed by atoms with Crippen LogP contribution in [0.2, 0.25) is 10.0 Å². The van der Waals surface area contributed by atoms with Gasteiger partial charge in [0.2, 0.25) is 5.91 Å². The van der Waals surface area contributed by atoms with Gasteiger partial charge in [-0.1, -0.05) is 35.3 Å². The molecule has 6 nitrogen and oxygen atoms in total. The normalized spacial score (nSPS) is 14.5. The summed E-state index contributed by atoms with van der Waals surface area (Å²) in [6.45, 7) is 2.01. The molecule has 1 aliphatic rings. The number of aromatic nitrogens is 1. The molecule has 1 aromatic heterocycles. The van der Waals surface area contributed by atoms with Gasteiger partial charge in [0.1, 0.15) is 0 Å².